The topological polar surface area (TPSA) is 27.0 Å². The van der Waals surface area contributed by atoms with Gasteiger partial charge in [-0.2, -0.15) is 5.26 Å². The summed E-state index contributed by atoms with van der Waals surface area (Å²) in [6.45, 7) is 5.04. The first-order chi connectivity index (χ1) is 10.7. The van der Waals surface area contributed by atoms with Crippen molar-refractivity contribution in [3.05, 3.63) is 71.3 Å². The fourth-order valence-corrected chi connectivity index (χ4v) is 3.27. The molecule has 3 heteroatoms. The molecule has 3 rings (SSSR count). The number of piperidine rings is 1. The van der Waals surface area contributed by atoms with E-state index in [1.807, 2.05) is 0 Å². The predicted octanol–water partition coefficient (Wildman–Crippen LogP) is 4.47. The zero-order chi connectivity index (χ0) is 15.4. The SMILES string of the molecule is Cc1ccc(C2(C#N)CCN(Cc3ccccc3)CC2)cc1.Cl. The Morgan fingerprint density at radius 2 is 1.61 bits per heavy atom. The molecule has 1 aliphatic rings. The second-order valence-electron chi connectivity index (χ2n) is 6.32. The molecule has 0 radical (unpaired) electrons. The molecule has 0 atom stereocenters. The summed E-state index contributed by atoms with van der Waals surface area (Å²) in [6.07, 6.45) is 1.83. The highest BCUT2D eigenvalue weighted by Crippen LogP contribution is 2.35. The Hall–Kier alpha value is -1.82. The van der Waals surface area contributed by atoms with Gasteiger partial charge in [0.05, 0.1) is 11.5 Å². The molecule has 23 heavy (non-hydrogen) atoms. The van der Waals surface area contributed by atoms with Crippen LogP contribution in [0.3, 0.4) is 0 Å². The van der Waals surface area contributed by atoms with Gasteiger partial charge < -0.3 is 0 Å². The standard InChI is InChI=1S/C20H22N2.ClH/c1-17-7-9-19(10-8-17)20(16-21)11-13-22(14-12-20)15-18-5-3-2-4-6-18;/h2-10H,11-15H2,1H3;1H. The molecule has 1 saturated heterocycles. The van der Waals surface area contributed by atoms with Crippen LogP contribution in [0, 0.1) is 18.3 Å². The Labute approximate surface area is 145 Å². The molecule has 0 amide bonds. The molecule has 0 saturated carbocycles. The minimum absolute atomic E-state index is 0. The van der Waals surface area contributed by atoms with E-state index in [2.05, 4.69) is 72.5 Å². The number of rotatable bonds is 3. The molecular formula is C20H23ClN2. The van der Waals surface area contributed by atoms with Crippen molar-refractivity contribution >= 4 is 12.4 Å². The van der Waals surface area contributed by atoms with E-state index in [0.717, 1.165) is 32.5 Å². The lowest BCUT2D eigenvalue weighted by atomic mass is 9.74. The van der Waals surface area contributed by atoms with E-state index in [1.165, 1.54) is 16.7 Å². The van der Waals surface area contributed by atoms with Crippen molar-refractivity contribution in [3.8, 4) is 6.07 Å². The van der Waals surface area contributed by atoms with E-state index in [4.69, 9.17) is 0 Å². The Bertz CT molecular complexity index is 650. The highest BCUT2D eigenvalue weighted by molar-refractivity contribution is 5.85. The van der Waals surface area contributed by atoms with Gasteiger partial charge in [-0.05, 0) is 30.9 Å². The quantitative estimate of drug-likeness (QED) is 0.831. The third-order valence-corrected chi connectivity index (χ3v) is 4.78. The maximum absolute atomic E-state index is 9.77. The lowest BCUT2D eigenvalue weighted by Crippen LogP contribution is -2.41. The molecule has 2 aromatic rings. The molecule has 0 spiro atoms. The van der Waals surface area contributed by atoms with Crippen LogP contribution in [0.25, 0.3) is 0 Å². The van der Waals surface area contributed by atoms with E-state index in [-0.39, 0.29) is 17.8 Å². The largest absolute Gasteiger partial charge is 0.299 e. The van der Waals surface area contributed by atoms with Crippen LogP contribution in [-0.4, -0.2) is 18.0 Å². The average Bonchev–Trinajstić information content (AvgIpc) is 2.57. The van der Waals surface area contributed by atoms with Gasteiger partial charge in [-0.3, -0.25) is 4.90 Å². The number of aryl methyl sites for hydroxylation is 1. The van der Waals surface area contributed by atoms with E-state index >= 15 is 0 Å². The van der Waals surface area contributed by atoms with Crippen LogP contribution in [0.1, 0.15) is 29.5 Å². The van der Waals surface area contributed by atoms with Crippen LogP contribution in [-0.2, 0) is 12.0 Å². The van der Waals surface area contributed by atoms with Gasteiger partial charge in [-0.1, -0.05) is 60.2 Å². The number of hydrogen-bond acceptors (Lipinski definition) is 2. The summed E-state index contributed by atoms with van der Waals surface area (Å²) < 4.78 is 0. The normalized spacial score (nSPS) is 17.0. The molecule has 120 valence electrons. The van der Waals surface area contributed by atoms with Crippen molar-refractivity contribution in [2.45, 2.75) is 31.7 Å². The van der Waals surface area contributed by atoms with Gasteiger partial charge in [0.25, 0.3) is 0 Å². The number of likely N-dealkylation sites (tertiary alicyclic amines) is 1. The third-order valence-electron chi connectivity index (χ3n) is 4.78. The monoisotopic (exact) mass is 326 g/mol. The fourth-order valence-electron chi connectivity index (χ4n) is 3.27. The van der Waals surface area contributed by atoms with Crippen LogP contribution in [0.15, 0.2) is 54.6 Å². The van der Waals surface area contributed by atoms with Crippen molar-refractivity contribution in [3.63, 3.8) is 0 Å². The average molecular weight is 327 g/mol. The van der Waals surface area contributed by atoms with Gasteiger partial charge in [0.2, 0.25) is 0 Å². The van der Waals surface area contributed by atoms with Gasteiger partial charge in [-0.25, -0.2) is 0 Å². The van der Waals surface area contributed by atoms with Crippen LogP contribution in [0.4, 0.5) is 0 Å². The van der Waals surface area contributed by atoms with Crippen molar-refractivity contribution in [1.29, 1.82) is 5.26 Å². The smallest absolute Gasteiger partial charge is 0.0846 e. The van der Waals surface area contributed by atoms with Gasteiger partial charge in [0.15, 0.2) is 0 Å². The maximum Gasteiger partial charge on any atom is 0.0846 e. The molecule has 2 nitrogen and oxygen atoms in total. The number of benzene rings is 2. The van der Waals surface area contributed by atoms with Gasteiger partial charge >= 0.3 is 0 Å². The lowest BCUT2D eigenvalue weighted by molar-refractivity contribution is 0.179. The Morgan fingerprint density at radius 1 is 1.00 bits per heavy atom. The summed E-state index contributed by atoms with van der Waals surface area (Å²) in [7, 11) is 0. The van der Waals surface area contributed by atoms with Crippen molar-refractivity contribution < 1.29 is 0 Å². The number of halogens is 1. The molecule has 1 aliphatic heterocycles. The third kappa shape index (κ3) is 3.93. The molecule has 1 fully saturated rings. The van der Waals surface area contributed by atoms with E-state index in [9.17, 15) is 5.26 Å². The Morgan fingerprint density at radius 3 is 2.17 bits per heavy atom. The van der Waals surface area contributed by atoms with Crippen LogP contribution < -0.4 is 0 Å². The van der Waals surface area contributed by atoms with Crippen LogP contribution >= 0.6 is 12.4 Å². The first-order valence-corrected chi connectivity index (χ1v) is 7.97. The minimum atomic E-state index is -0.305. The molecular weight excluding hydrogens is 304 g/mol. The van der Waals surface area contributed by atoms with Gasteiger partial charge in [-0.15, -0.1) is 12.4 Å². The molecule has 0 bridgehead atoms. The highest BCUT2D eigenvalue weighted by atomic mass is 35.5. The van der Waals surface area contributed by atoms with E-state index in [1.54, 1.807) is 0 Å². The summed E-state index contributed by atoms with van der Waals surface area (Å²) in [4.78, 5) is 2.46. The van der Waals surface area contributed by atoms with Crippen LogP contribution in [0.5, 0.6) is 0 Å². The number of hydrogen-bond donors (Lipinski definition) is 0. The molecule has 0 unspecified atom stereocenters. The molecule has 0 aliphatic carbocycles. The second kappa shape index (κ2) is 7.64. The summed E-state index contributed by atoms with van der Waals surface area (Å²) in [5.74, 6) is 0. The summed E-state index contributed by atoms with van der Waals surface area (Å²) in [6, 6.07) is 21.7. The Balaban J connectivity index is 0.00000192. The molecule has 0 aromatic heterocycles. The highest BCUT2D eigenvalue weighted by Gasteiger charge is 2.36. The van der Waals surface area contributed by atoms with Crippen molar-refractivity contribution in [2.24, 2.45) is 0 Å². The minimum Gasteiger partial charge on any atom is -0.299 e. The second-order valence-corrected chi connectivity index (χ2v) is 6.32. The molecule has 0 N–H and O–H groups in total. The summed E-state index contributed by atoms with van der Waals surface area (Å²) in [5, 5.41) is 9.77. The maximum atomic E-state index is 9.77. The van der Waals surface area contributed by atoms with Crippen LogP contribution in [0.2, 0.25) is 0 Å². The Kier molecular flexibility index (Phi) is 5.82. The fraction of sp³-hybridized carbons (Fsp3) is 0.350. The van der Waals surface area contributed by atoms with Crippen molar-refractivity contribution in [1.82, 2.24) is 4.90 Å². The van der Waals surface area contributed by atoms with Crippen molar-refractivity contribution in [2.75, 3.05) is 13.1 Å². The lowest BCUT2D eigenvalue weighted by Gasteiger charge is -2.37. The zero-order valence-corrected chi connectivity index (χ0v) is 14.4. The zero-order valence-electron chi connectivity index (χ0n) is 13.5. The van der Waals surface area contributed by atoms with E-state index in [0.29, 0.717) is 0 Å². The van der Waals surface area contributed by atoms with Gasteiger partial charge in [0, 0.05) is 19.6 Å². The summed E-state index contributed by atoms with van der Waals surface area (Å²) >= 11 is 0. The first kappa shape index (κ1) is 17.5. The van der Waals surface area contributed by atoms with Gasteiger partial charge in [0.1, 0.15) is 0 Å². The van der Waals surface area contributed by atoms with E-state index < -0.39 is 0 Å². The first-order valence-electron chi connectivity index (χ1n) is 7.97. The number of nitriles is 1. The predicted molar refractivity (Wildman–Crippen MR) is 96.7 cm³/mol. The number of nitrogens with zero attached hydrogens (tertiary/aromatic N) is 2. The molecule has 2 aromatic carbocycles. The molecule has 1 heterocycles. The summed E-state index contributed by atoms with van der Waals surface area (Å²) in [5.41, 5.74) is 3.47.